The van der Waals surface area contributed by atoms with Crippen LogP contribution in [-0.2, 0) is 0 Å². The highest BCUT2D eigenvalue weighted by Gasteiger charge is 2.11. The van der Waals surface area contributed by atoms with Crippen LogP contribution in [0.2, 0.25) is 0 Å². The molecule has 2 N–H and O–H groups in total. The standard InChI is InChI=1S/C14H16N4O2/c1-10(11-5-8-15-9-6-11)17-14(19)18-12-4-3-7-16-13(12)20-2/h3-10H,1-2H3,(H2,17,18,19)/t10-/m0/s1. The molecule has 0 aliphatic carbocycles. The Morgan fingerprint density at radius 3 is 2.70 bits per heavy atom. The highest BCUT2D eigenvalue weighted by molar-refractivity contribution is 5.90. The summed E-state index contributed by atoms with van der Waals surface area (Å²) in [5, 5.41) is 5.54. The van der Waals surface area contributed by atoms with E-state index < -0.39 is 0 Å². The molecule has 104 valence electrons. The van der Waals surface area contributed by atoms with Gasteiger partial charge in [-0.2, -0.15) is 0 Å². The summed E-state index contributed by atoms with van der Waals surface area (Å²) in [6.45, 7) is 1.90. The fourth-order valence-corrected chi connectivity index (χ4v) is 1.74. The number of hydrogen-bond acceptors (Lipinski definition) is 4. The Bertz CT molecular complexity index is 574. The number of pyridine rings is 2. The summed E-state index contributed by atoms with van der Waals surface area (Å²) < 4.78 is 5.07. The molecule has 0 saturated carbocycles. The molecule has 0 fully saturated rings. The molecule has 1 atom stereocenters. The number of methoxy groups -OCH3 is 1. The molecule has 2 rings (SSSR count). The summed E-state index contributed by atoms with van der Waals surface area (Å²) in [7, 11) is 1.50. The van der Waals surface area contributed by atoms with E-state index in [0.717, 1.165) is 5.56 Å². The predicted octanol–water partition coefficient (Wildman–Crippen LogP) is 2.37. The number of anilines is 1. The van der Waals surface area contributed by atoms with Crippen molar-refractivity contribution in [3.8, 4) is 5.88 Å². The van der Waals surface area contributed by atoms with Crippen molar-refractivity contribution < 1.29 is 9.53 Å². The van der Waals surface area contributed by atoms with Gasteiger partial charge >= 0.3 is 6.03 Å². The summed E-state index contributed by atoms with van der Waals surface area (Å²) in [6, 6.07) is 6.72. The molecular weight excluding hydrogens is 256 g/mol. The van der Waals surface area contributed by atoms with Crippen LogP contribution in [0.1, 0.15) is 18.5 Å². The Morgan fingerprint density at radius 1 is 1.25 bits per heavy atom. The lowest BCUT2D eigenvalue weighted by atomic mass is 10.1. The van der Waals surface area contributed by atoms with Crippen molar-refractivity contribution in [2.24, 2.45) is 0 Å². The van der Waals surface area contributed by atoms with Crippen LogP contribution in [-0.4, -0.2) is 23.1 Å². The molecule has 2 amide bonds. The van der Waals surface area contributed by atoms with Crippen molar-refractivity contribution in [2.45, 2.75) is 13.0 Å². The summed E-state index contributed by atoms with van der Waals surface area (Å²) in [4.78, 5) is 19.9. The van der Waals surface area contributed by atoms with Crippen molar-refractivity contribution in [1.29, 1.82) is 0 Å². The third-order valence-electron chi connectivity index (χ3n) is 2.77. The molecule has 2 aromatic heterocycles. The molecule has 2 aromatic rings. The van der Waals surface area contributed by atoms with E-state index in [9.17, 15) is 4.79 Å². The minimum absolute atomic E-state index is 0.124. The van der Waals surface area contributed by atoms with E-state index >= 15 is 0 Å². The van der Waals surface area contributed by atoms with Crippen LogP contribution >= 0.6 is 0 Å². The van der Waals surface area contributed by atoms with Crippen molar-refractivity contribution >= 4 is 11.7 Å². The minimum Gasteiger partial charge on any atom is -0.480 e. The molecule has 20 heavy (non-hydrogen) atoms. The lowest BCUT2D eigenvalue weighted by molar-refractivity contribution is 0.249. The van der Waals surface area contributed by atoms with Crippen LogP contribution in [0.5, 0.6) is 5.88 Å². The van der Waals surface area contributed by atoms with Gasteiger partial charge < -0.3 is 15.4 Å². The zero-order valence-electron chi connectivity index (χ0n) is 11.3. The molecule has 6 nitrogen and oxygen atoms in total. The number of rotatable bonds is 4. The van der Waals surface area contributed by atoms with Gasteiger partial charge in [-0.05, 0) is 36.8 Å². The number of urea groups is 1. The average Bonchev–Trinajstić information content (AvgIpc) is 2.48. The van der Waals surface area contributed by atoms with Crippen LogP contribution in [0.15, 0.2) is 42.9 Å². The van der Waals surface area contributed by atoms with E-state index in [1.165, 1.54) is 7.11 Å². The van der Waals surface area contributed by atoms with Crippen LogP contribution < -0.4 is 15.4 Å². The number of amides is 2. The van der Waals surface area contributed by atoms with Gasteiger partial charge in [0.15, 0.2) is 0 Å². The topological polar surface area (TPSA) is 76.1 Å². The Morgan fingerprint density at radius 2 is 2.00 bits per heavy atom. The van der Waals surface area contributed by atoms with Crippen molar-refractivity contribution in [1.82, 2.24) is 15.3 Å². The maximum Gasteiger partial charge on any atom is 0.319 e. The maximum atomic E-state index is 11.9. The second-order valence-electron chi connectivity index (χ2n) is 4.16. The van der Waals surface area contributed by atoms with Crippen LogP contribution in [0.4, 0.5) is 10.5 Å². The van der Waals surface area contributed by atoms with E-state index in [2.05, 4.69) is 20.6 Å². The Kier molecular flexibility index (Phi) is 4.49. The number of hydrogen-bond donors (Lipinski definition) is 2. The van der Waals surface area contributed by atoms with Crippen LogP contribution in [0.25, 0.3) is 0 Å². The lowest BCUT2D eigenvalue weighted by Gasteiger charge is -2.15. The normalized spacial score (nSPS) is 11.5. The van der Waals surface area contributed by atoms with Crippen LogP contribution in [0, 0.1) is 0 Å². The molecule has 0 aromatic carbocycles. The van der Waals surface area contributed by atoms with Gasteiger partial charge in [-0.1, -0.05) is 0 Å². The number of carbonyl (C=O) groups excluding carboxylic acids is 1. The van der Waals surface area contributed by atoms with Crippen molar-refractivity contribution in [3.63, 3.8) is 0 Å². The molecule has 0 unspecified atom stereocenters. The molecule has 0 aliphatic rings. The number of nitrogens with one attached hydrogen (secondary N) is 2. The molecule has 0 saturated heterocycles. The number of carbonyl (C=O) groups is 1. The molecule has 0 radical (unpaired) electrons. The number of nitrogens with zero attached hydrogens (tertiary/aromatic N) is 2. The highest BCUT2D eigenvalue weighted by Crippen LogP contribution is 2.20. The summed E-state index contributed by atoms with van der Waals surface area (Å²) in [5.41, 5.74) is 1.50. The van der Waals surface area contributed by atoms with E-state index in [4.69, 9.17) is 4.74 Å². The van der Waals surface area contributed by atoms with Gasteiger partial charge in [0.2, 0.25) is 5.88 Å². The second-order valence-corrected chi connectivity index (χ2v) is 4.16. The summed E-state index contributed by atoms with van der Waals surface area (Å²) in [5.74, 6) is 0.374. The van der Waals surface area contributed by atoms with Gasteiger partial charge in [-0.25, -0.2) is 9.78 Å². The minimum atomic E-state index is -0.319. The SMILES string of the molecule is COc1ncccc1NC(=O)N[C@@H](C)c1ccncc1. The number of ether oxygens (including phenoxy) is 1. The zero-order valence-corrected chi connectivity index (χ0v) is 11.3. The van der Waals surface area contributed by atoms with Gasteiger partial charge in [0, 0.05) is 18.6 Å². The highest BCUT2D eigenvalue weighted by atomic mass is 16.5. The van der Waals surface area contributed by atoms with Gasteiger partial charge in [-0.15, -0.1) is 0 Å². The quantitative estimate of drug-likeness (QED) is 0.895. The van der Waals surface area contributed by atoms with Gasteiger partial charge in [0.05, 0.1) is 13.2 Å². The molecule has 0 aliphatic heterocycles. The Balaban J connectivity index is 1.99. The Hall–Kier alpha value is -2.63. The average molecular weight is 272 g/mol. The molecular formula is C14H16N4O2. The van der Waals surface area contributed by atoms with Crippen molar-refractivity contribution in [2.75, 3.05) is 12.4 Å². The monoisotopic (exact) mass is 272 g/mol. The first-order chi connectivity index (χ1) is 9.70. The largest absolute Gasteiger partial charge is 0.480 e. The fraction of sp³-hybridized carbons (Fsp3) is 0.214. The lowest BCUT2D eigenvalue weighted by Crippen LogP contribution is -2.31. The first kappa shape index (κ1) is 13.8. The summed E-state index contributed by atoms with van der Waals surface area (Å²) in [6.07, 6.45) is 4.98. The van der Waals surface area contributed by atoms with E-state index in [-0.39, 0.29) is 12.1 Å². The number of aromatic nitrogens is 2. The Labute approximate surface area is 117 Å². The van der Waals surface area contributed by atoms with E-state index in [0.29, 0.717) is 11.6 Å². The summed E-state index contributed by atoms with van der Waals surface area (Å²) >= 11 is 0. The third-order valence-corrected chi connectivity index (χ3v) is 2.77. The maximum absolute atomic E-state index is 11.9. The fourth-order valence-electron chi connectivity index (χ4n) is 1.74. The predicted molar refractivity (Wildman–Crippen MR) is 75.6 cm³/mol. The molecule has 2 heterocycles. The first-order valence-electron chi connectivity index (χ1n) is 6.17. The smallest absolute Gasteiger partial charge is 0.319 e. The van der Waals surface area contributed by atoms with E-state index in [1.807, 2.05) is 19.1 Å². The zero-order chi connectivity index (χ0) is 14.4. The van der Waals surface area contributed by atoms with Gasteiger partial charge in [-0.3, -0.25) is 4.98 Å². The molecule has 6 heteroatoms. The van der Waals surface area contributed by atoms with Gasteiger partial charge in [0.1, 0.15) is 5.69 Å². The van der Waals surface area contributed by atoms with Crippen LogP contribution in [0.3, 0.4) is 0 Å². The third kappa shape index (κ3) is 3.44. The van der Waals surface area contributed by atoms with Gasteiger partial charge in [0.25, 0.3) is 0 Å². The molecule has 0 bridgehead atoms. The molecule has 0 spiro atoms. The van der Waals surface area contributed by atoms with Crippen molar-refractivity contribution in [3.05, 3.63) is 48.4 Å². The first-order valence-corrected chi connectivity index (χ1v) is 6.17. The second kappa shape index (κ2) is 6.51. The van der Waals surface area contributed by atoms with E-state index in [1.54, 1.807) is 30.7 Å².